The zero-order valence-corrected chi connectivity index (χ0v) is 8.35. The average Bonchev–Trinajstić information content (AvgIpc) is 2.13. The fourth-order valence-electron chi connectivity index (χ4n) is 1.08. The minimum absolute atomic E-state index is 0.794. The molecule has 1 nitrogen and oxygen atoms in total. The van der Waals surface area contributed by atoms with Gasteiger partial charge in [0.2, 0.25) is 0 Å². The molecule has 70 valence electrons. The van der Waals surface area contributed by atoms with Gasteiger partial charge in [0.15, 0.2) is 0 Å². The van der Waals surface area contributed by atoms with E-state index >= 15 is 0 Å². The zero-order valence-electron chi connectivity index (χ0n) is 7.59. The normalized spacial score (nSPS) is 9.92. The first-order valence-electron chi connectivity index (χ1n) is 4.39. The zero-order chi connectivity index (χ0) is 9.52. The van der Waals surface area contributed by atoms with Gasteiger partial charge in [-0.1, -0.05) is 29.8 Å². The van der Waals surface area contributed by atoms with Crippen LogP contribution in [-0.2, 0) is 6.54 Å². The van der Waals surface area contributed by atoms with Crippen LogP contribution >= 0.6 is 11.6 Å². The summed E-state index contributed by atoms with van der Waals surface area (Å²) in [4.78, 5) is 0. The molecule has 0 aliphatic carbocycles. The van der Waals surface area contributed by atoms with Crippen LogP contribution in [0.1, 0.15) is 12.0 Å². The summed E-state index contributed by atoms with van der Waals surface area (Å²) in [7, 11) is 0. The Labute approximate surface area is 84.4 Å². The standard InChI is InChI=1S/C11H14ClN/c1-2-3-7-13-9-10-5-4-6-11(12)8-10/h2,4-6,8,13H,1,3,7,9H2. The molecule has 13 heavy (non-hydrogen) atoms. The molecule has 0 radical (unpaired) electrons. The van der Waals surface area contributed by atoms with Crippen LogP contribution in [0.25, 0.3) is 0 Å². The maximum absolute atomic E-state index is 5.84. The van der Waals surface area contributed by atoms with E-state index < -0.39 is 0 Å². The summed E-state index contributed by atoms with van der Waals surface area (Å²) in [5.74, 6) is 0. The Morgan fingerprint density at radius 3 is 3.00 bits per heavy atom. The Morgan fingerprint density at radius 2 is 2.31 bits per heavy atom. The molecule has 0 saturated heterocycles. The Morgan fingerprint density at radius 1 is 1.46 bits per heavy atom. The molecule has 0 saturated carbocycles. The van der Waals surface area contributed by atoms with Crippen LogP contribution in [0.2, 0.25) is 5.02 Å². The second-order valence-corrected chi connectivity index (χ2v) is 3.32. The predicted molar refractivity (Wildman–Crippen MR) is 58.0 cm³/mol. The van der Waals surface area contributed by atoms with Crippen molar-refractivity contribution in [1.29, 1.82) is 0 Å². The van der Waals surface area contributed by atoms with Crippen molar-refractivity contribution in [3.63, 3.8) is 0 Å². The van der Waals surface area contributed by atoms with Gasteiger partial charge in [-0.2, -0.15) is 0 Å². The molecule has 0 fully saturated rings. The summed E-state index contributed by atoms with van der Waals surface area (Å²) in [5, 5.41) is 4.09. The van der Waals surface area contributed by atoms with Crippen molar-refractivity contribution in [2.45, 2.75) is 13.0 Å². The van der Waals surface area contributed by atoms with Crippen molar-refractivity contribution in [2.24, 2.45) is 0 Å². The Balaban J connectivity index is 2.32. The topological polar surface area (TPSA) is 12.0 Å². The molecule has 0 aliphatic rings. The van der Waals surface area contributed by atoms with Crippen LogP contribution in [0, 0.1) is 0 Å². The maximum atomic E-state index is 5.84. The minimum Gasteiger partial charge on any atom is -0.312 e. The molecular weight excluding hydrogens is 182 g/mol. The quantitative estimate of drug-likeness (QED) is 0.563. The molecule has 0 unspecified atom stereocenters. The van der Waals surface area contributed by atoms with Crippen molar-refractivity contribution in [2.75, 3.05) is 6.54 Å². The summed E-state index contributed by atoms with van der Waals surface area (Å²) in [6, 6.07) is 7.89. The van der Waals surface area contributed by atoms with Crippen LogP contribution in [0.5, 0.6) is 0 Å². The lowest BCUT2D eigenvalue weighted by Crippen LogP contribution is -2.13. The van der Waals surface area contributed by atoms with Gasteiger partial charge in [-0.25, -0.2) is 0 Å². The van der Waals surface area contributed by atoms with Crippen LogP contribution in [0.15, 0.2) is 36.9 Å². The molecule has 1 aromatic carbocycles. The fourth-order valence-corrected chi connectivity index (χ4v) is 1.30. The highest BCUT2D eigenvalue weighted by atomic mass is 35.5. The molecule has 1 aromatic rings. The summed E-state index contributed by atoms with van der Waals surface area (Å²) in [5.41, 5.74) is 1.22. The Kier molecular flexibility index (Phi) is 4.58. The number of nitrogens with one attached hydrogen (secondary N) is 1. The summed E-state index contributed by atoms with van der Waals surface area (Å²) in [6.45, 7) is 5.50. The van der Waals surface area contributed by atoms with E-state index in [4.69, 9.17) is 11.6 Å². The van der Waals surface area contributed by atoms with E-state index in [2.05, 4.69) is 18.0 Å². The van der Waals surface area contributed by atoms with Gasteiger partial charge in [0.05, 0.1) is 0 Å². The largest absolute Gasteiger partial charge is 0.312 e. The van der Waals surface area contributed by atoms with Gasteiger partial charge < -0.3 is 5.32 Å². The second-order valence-electron chi connectivity index (χ2n) is 2.88. The van der Waals surface area contributed by atoms with E-state index in [1.54, 1.807) is 0 Å². The predicted octanol–water partition coefficient (Wildman–Crippen LogP) is 3.01. The van der Waals surface area contributed by atoms with Gasteiger partial charge in [0, 0.05) is 11.6 Å². The van der Waals surface area contributed by atoms with Crippen LogP contribution in [0.4, 0.5) is 0 Å². The maximum Gasteiger partial charge on any atom is 0.0409 e. The van der Waals surface area contributed by atoms with E-state index in [1.165, 1.54) is 5.56 Å². The van der Waals surface area contributed by atoms with Gasteiger partial charge in [-0.15, -0.1) is 6.58 Å². The molecule has 0 bridgehead atoms. The molecule has 0 atom stereocenters. The van der Waals surface area contributed by atoms with Gasteiger partial charge in [0.25, 0.3) is 0 Å². The Bertz CT molecular complexity index is 271. The lowest BCUT2D eigenvalue weighted by molar-refractivity contribution is 0.696. The van der Waals surface area contributed by atoms with Gasteiger partial charge >= 0.3 is 0 Å². The van der Waals surface area contributed by atoms with E-state index in [-0.39, 0.29) is 0 Å². The number of halogens is 1. The number of benzene rings is 1. The van der Waals surface area contributed by atoms with Crippen molar-refractivity contribution in [3.8, 4) is 0 Å². The van der Waals surface area contributed by atoms with Crippen LogP contribution < -0.4 is 5.32 Å². The number of rotatable bonds is 5. The first kappa shape index (κ1) is 10.3. The second kappa shape index (κ2) is 5.79. The van der Waals surface area contributed by atoms with Gasteiger partial charge in [-0.05, 0) is 30.7 Å². The number of hydrogen-bond donors (Lipinski definition) is 1. The van der Waals surface area contributed by atoms with Crippen LogP contribution in [-0.4, -0.2) is 6.54 Å². The Hall–Kier alpha value is -0.790. The highest BCUT2D eigenvalue weighted by Gasteiger charge is 1.92. The molecule has 0 spiro atoms. The summed E-state index contributed by atoms with van der Waals surface area (Å²) in [6.07, 6.45) is 2.91. The smallest absolute Gasteiger partial charge is 0.0409 e. The third-order valence-electron chi connectivity index (χ3n) is 1.74. The minimum atomic E-state index is 0.794. The van der Waals surface area contributed by atoms with Gasteiger partial charge in [-0.3, -0.25) is 0 Å². The lowest BCUT2D eigenvalue weighted by atomic mass is 10.2. The van der Waals surface area contributed by atoms with Crippen molar-refractivity contribution < 1.29 is 0 Å². The number of hydrogen-bond acceptors (Lipinski definition) is 1. The molecule has 1 N–H and O–H groups in total. The molecule has 1 rings (SSSR count). The van der Waals surface area contributed by atoms with Crippen molar-refractivity contribution in [1.82, 2.24) is 5.32 Å². The van der Waals surface area contributed by atoms with Crippen molar-refractivity contribution in [3.05, 3.63) is 47.5 Å². The van der Waals surface area contributed by atoms with E-state index in [0.717, 1.165) is 24.5 Å². The first-order chi connectivity index (χ1) is 6.33. The molecule has 0 aromatic heterocycles. The third kappa shape index (κ3) is 4.11. The van der Waals surface area contributed by atoms with Gasteiger partial charge in [0.1, 0.15) is 0 Å². The monoisotopic (exact) mass is 195 g/mol. The van der Waals surface area contributed by atoms with E-state index in [9.17, 15) is 0 Å². The van der Waals surface area contributed by atoms with Crippen molar-refractivity contribution >= 4 is 11.6 Å². The van der Waals surface area contributed by atoms with Crippen LogP contribution in [0.3, 0.4) is 0 Å². The summed E-state index contributed by atoms with van der Waals surface area (Å²) >= 11 is 5.84. The van der Waals surface area contributed by atoms with E-state index in [0.29, 0.717) is 0 Å². The lowest BCUT2D eigenvalue weighted by Gasteiger charge is -2.02. The highest BCUT2D eigenvalue weighted by molar-refractivity contribution is 6.30. The van der Waals surface area contributed by atoms with E-state index in [1.807, 2.05) is 24.3 Å². The molecule has 2 heteroatoms. The SMILES string of the molecule is C=CCCNCc1cccc(Cl)c1. The molecule has 0 aliphatic heterocycles. The molecule has 0 amide bonds. The highest BCUT2D eigenvalue weighted by Crippen LogP contribution is 2.09. The third-order valence-corrected chi connectivity index (χ3v) is 1.98. The molecular formula is C11H14ClN. The molecule has 0 heterocycles. The first-order valence-corrected chi connectivity index (χ1v) is 4.77. The fraction of sp³-hybridized carbons (Fsp3) is 0.273. The summed E-state index contributed by atoms with van der Waals surface area (Å²) < 4.78 is 0. The average molecular weight is 196 g/mol.